The number of aromatic nitrogens is 1. The molecule has 3 aromatic heterocycles. The summed E-state index contributed by atoms with van der Waals surface area (Å²) >= 11 is 1.51. The lowest BCUT2D eigenvalue weighted by Gasteiger charge is -2.25. The van der Waals surface area contributed by atoms with Crippen LogP contribution in [0.2, 0.25) is 0 Å². The maximum atomic E-state index is 13.0. The molecule has 1 saturated heterocycles. The fourth-order valence-corrected chi connectivity index (χ4v) is 4.92. The number of rotatable bonds is 3. The molecule has 3 aromatic rings. The first-order chi connectivity index (χ1) is 13.7. The standard InChI is InChI=1S/C21H19N3O3S/c25-18(11-16-3-2-9-27-16)23-8-6-21(13-23)14-24(17-4-1-7-22-19(17)21)20(26)15-5-10-28-12-15/h1-5,7,9-10,12H,6,8,11,13-14H2/t21-/m1/s1. The summed E-state index contributed by atoms with van der Waals surface area (Å²) in [6.07, 6.45) is 4.41. The van der Waals surface area contributed by atoms with Gasteiger partial charge in [0.15, 0.2) is 0 Å². The summed E-state index contributed by atoms with van der Waals surface area (Å²) in [5.74, 6) is 0.713. The van der Waals surface area contributed by atoms with Crippen molar-refractivity contribution in [1.82, 2.24) is 9.88 Å². The van der Waals surface area contributed by atoms with Crippen molar-refractivity contribution in [1.29, 1.82) is 0 Å². The first-order valence-electron chi connectivity index (χ1n) is 9.26. The Morgan fingerprint density at radius 2 is 2.14 bits per heavy atom. The molecule has 28 heavy (non-hydrogen) atoms. The van der Waals surface area contributed by atoms with E-state index in [2.05, 4.69) is 4.98 Å². The van der Waals surface area contributed by atoms with Gasteiger partial charge < -0.3 is 14.2 Å². The van der Waals surface area contributed by atoms with E-state index in [9.17, 15) is 9.59 Å². The summed E-state index contributed by atoms with van der Waals surface area (Å²) in [6.45, 7) is 1.79. The van der Waals surface area contributed by atoms with Gasteiger partial charge in [-0.3, -0.25) is 14.6 Å². The normalized spacial score (nSPS) is 20.7. The van der Waals surface area contributed by atoms with Crippen LogP contribution in [0.3, 0.4) is 0 Å². The molecule has 0 aliphatic carbocycles. The van der Waals surface area contributed by atoms with Crippen molar-refractivity contribution < 1.29 is 14.0 Å². The van der Waals surface area contributed by atoms with Gasteiger partial charge in [0.2, 0.25) is 5.91 Å². The molecule has 1 atom stereocenters. The van der Waals surface area contributed by atoms with Gasteiger partial charge in [-0.2, -0.15) is 11.3 Å². The quantitative estimate of drug-likeness (QED) is 0.686. The van der Waals surface area contributed by atoms with Gasteiger partial charge in [-0.25, -0.2) is 0 Å². The number of anilines is 1. The van der Waals surface area contributed by atoms with Crippen LogP contribution in [0.5, 0.6) is 0 Å². The van der Waals surface area contributed by atoms with E-state index in [4.69, 9.17) is 4.42 Å². The second kappa shape index (κ2) is 6.60. The van der Waals surface area contributed by atoms with Crippen molar-refractivity contribution >= 4 is 28.8 Å². The van der Waals surface area contributed by atoms with Crippen LogP contribution in [0.15, 0.2) is 58.0 Å². The van der Waals surface area contributed by atoms with Crippen LogP contribution < -0.4 is 4.90 Å². The Morgan fingerprint density at radius 3 is 2.93 bits per heavy atom. The third kappa shape index (κ3) is 2.74. The number of hydrogen-bond donors (Lipinski definition) is 0. The lowest BCUT2D eigenvalue weighted by Crippen LogP contribution is -2.40. The molecule has 0 unspecified atom stereocenters. The van der Waals surface area contributed by atoms with Gasteiger partial charge in [0.25, 0.3) is 5.91 Å². The molecular formula is C21H19N3O3S. The molecular weight excluding hydrogens is 374 g/mol. The van der Waals surface area contributed by atoms with Gasteiger partial charge in [0.1, 0.15) is 5.76 Å². The first kappa shape index (κ1) is 17.2. The van der Waals surface area contributed by atoms with E-state index in [-0.39, 0.29) is 23.7 Å². The Bertz CT molecular complexity index is 1020. The lowest BCUT2D eigenvalue weighted by molar-refractivity contribution is -0.129. The maximum Gasteiger partial charge on any atom is 0.259 e. The molecule has 2 aliphatic rings. The summed E-state index contributed by atoms with van der Waals surface area (Å²) in [5, 5.41) is 3.78. The molecule has 0 aromatic carbocycles. The third-order valence-corrected chi connectivity index (χ3v) is 6.35. The average Bonchev–Trinajstić information content (AvgIpc) is 3.51. The summed E-state index contributed by atoms with van der Waals surface area (Å²) < 4.78 is 5.32. The van der Waals surface area contributed by atoms with Crippen LogP contribution in [0.4, 0.5) is 5.69 Å². The lowest BCUT2D eigenvalue weighted by atomic mass is 9.85. The van der Waals surface area contributed by atoms with E-state index in [1.54, 1.807) is 18.5 Å². The monoisotopic (exact) mass is 393 g/mol. The summed E-state index contributed by atoms with van der Waals surface area (Å²) in [7, 11) is 0. The molecule has 7 heteroatoms. The van der Waals surface area contributed by atoms with E-state index in [0.717, 1.165) is 17.8 Å². The van der Waals surface area contributed by atoms with Crippen molar-refractivity contribution in [2.75, 3.05) is 24.5 Å². The van der Waals surface area contributed by atoms with Gasteiger partial charge in [-0.05, 0) is 42.1 Å². The number of hydrogen-bond acceptors (Lipinski definition) is 5. The van der Waals surface area contributed by atoms with Crippen LogP contribution in [-0.2, 0) is 16.6 Å². The number of amides is 2. The van der Waals surface area contributed by atoms with E-state index in [1.807, 2.05) is 44.8 Å². The van der Waals surface area contributed by atoms with Crippen LogP contribution in [0.25, 0.3) is 0 Å². The van der Waals surface area contributed by atoms with Gasteiger partial charge in [0.05, 0.1) is 35.0 Å². The summed E-state index contributed by atoms with van der Waals surface area (Å²) in [5.41, 5.74) is 2.17. The molecule has 2 amide bonds. The number of fused-ring (bicyclic) bond motifs is 2. The molecule has 6 nitrogen and oxygen atoms in total. The summed E-state index contributed by atoms with van der Waals surface area (Å²) in [6, 6.07) is 9.27. The SMILES string of the molecule is O=C(Cc1ccco1)N1CC[C@@]2(C1)CN(C(=O)c1ccsc1)c1cccnc12. The van der Waals surface area contributed by atoms with Crippen molar-refractivity contribution in [2.45, 2.75) is 18.3 Å². The van der Waals surface area contributed by atoms with Crippen molar-refractivity contribution in [3.63, 3.8) is 0 Å². The molecule has 0 bridgehead atoms. The Labute approximate surface area is 166 Å². The van der Waals surface area contributed by atoms with E-state index in [1.165, 1.54) is 11.3 Å². The largest absolute Gasteiger partial charge is 0.469 e. The molecule has 5 heterocycles. The number of carbonyl (C=O) groups excluding carboxylic acids is 2. The van der Waals surface area contributed by atoms with Gasteiger partial charge in [-0.15, -0.1) is 0 Å². The van der Waals surface area contributed by atoms with Crippen molar-refractivity contribution in [2.24, 2.45) is 0 Å². The minimum atomic E-state index is -0.304. The molecule has 5 rings (SSSR count). The third-order valence-electron chi connectivity index (χ3n) is 5.67. The highest BCUT2D eigenvalue weighted by Gasteiger charge is 2.50. The number of carbonyl (C=O) groups is 2. The van der Waals surface area contributed by atoms with Crippen molar-refractivity contribution in [3.8, 4) is 0 Å². The van der Waals surface area contributed by atoms with E-state index in [0.29, 0.717) is 31.0 Å². The molecule has 142 valence electrons. The van der Waals surface area contributed by atoms with E-state index < -0.39 is 0 Å². The minimum Gasteiger partial charge on any atom is -0.469 e. The van der Waals surface area contributed by atoms with Crippen LogP contribution >= 0.6 is 11.3 Å². The molecule has 0 N–H and O–H groups in total. The molecule has 0 saturated carbocycles. The number of furan rings is 1. The number of nitrogens with zero attached hydrogens (tertiary/aromatic N) is 3. The maximum absolute atomic E-state index is 13.0. The minimum absolute atomic E-state index is 0.00672. The Morgan fingerprint density at radius 1 is 1.21 bits per heavy atom. The van der Waals surface area contributed by atoms with Gasteiger partial charge in [-0.1, -0.05) is 0 Å². The first-order valence-corrected chi connectivity index (χ1v) is 10.2. The van der Waals surface area contributed by atoms with Crippen molar-refractivity contribution in [3.05, 3.63) is 70.6 Å². The molecule has 1 spiro atoms. The van der Waals surface area contributed by atoms with Crippen LogP contribution in [0, 0.1) is 0 Å². The van der Waals surface area contributed by atoms with Gasteiger partial charge >= 0.3 is 0 Å². The number of pyridine rings is 1. The smallest absolute Gasteiger partial charge is 0.259 e. The molecule has 0 radical (unpaired) electrons. The zero-order chi connectivity index (χ0) is 19.1. The van der Waals surface area contributed by atoms with E-state index >= 15 is 0 Å². The fraction of sp³-hybridized carbons (Fsp3) is 0.286. The predicted molar refractivity (Wildman–Crippen MR) is 106 cm³/mol. The number of thiophene rings is 1. The second-order valence-corrected chi connectivity index (χ2v) is 8.16. The molecule has 1 fully saturated rings. The Balaban J connectivity index is 1.41. The van der Waals surface area contributed by atoms with Gasteiger partial charge in [0, 0.05) is 31.2 Å². The topological polar surface area (TPSA) is 66.7 Å². The fourth-order valence-electron chi connectivity index (χ4n) is 4.29. The highest BCUT2D eigenvalue weighted by Crippen LogP contribution is 2.45. The highest BCUT2D eigenvalue weighted by molar-refractivity contribution is 7.08. The number of likely N-dealkylation sites (tertiary alicyclic amines) is 1. The highest BCUT2D eigenvalue weighted by atomic mass is 32.1. The zero-order valence-electron chi connectivity index (χ0n) is 15.2. The Kier molecular flexibility index (Phi) is 4.05. The zero-order valence-corrected chi connectivity index (χ0v) is 16.0. The van der Waals surface area contributed by atoms with Crippen LogP contribution in [-0.4, -0.2) is 41.3 Å². The predicted octanol–water partition coefficient (Wildman–Crippen LogP) is 3.11. The average molecular weight is 393 g/mol. The van der Waals surface area contributed by atoms with Crippen LogP contribution in [0.1, 0.15) is 28.2 Å². The summed E-state index contributed by atoms with van der Waals surface area (Å²) in [4.78, 5) is 34.1. The Hall–Kier alpha value is -2.93. The molecule has 2 aliphatic heterocycles. The second-order valence-electron chi connectivity index (χ2n) is 7.38.